The predicted octanol–water partition coefficient (Wildman–Crippen LogP) is 5.39. The molecule has 2 aliphatic heterocycles. The van der Waals surface area contributed by atoms with Gasteiger partial charge in [-0.25, -0.2) is 9.07 Å². The molecule has 0 bridgehead atoms. The molecule has 0 spiro atoms. The van der Waals surface area contributed by atoms with Crippen molar-refractivity contribution < 1.29 is 22.4 Å². The number of alkyl halides is 3. The van der Waals surface area contributed by atoms with Crippen molar-refractivity contribution in [1.82, 2.24) is 25.0 Å². The van der Waals surface area contributed by atoms with Crippen molar-refractivity contribution in [2.45, 2.75) is 51.4 Å². The second-order valence-electron chi connectivity index (χ2n) is 9.63. The van der Waals surface area contributed by atoms with Gasteiger partial charge in [0.2, 0.25) is 5.95 Å². The minimum Gasteiger partial charge on any atom is -0.345 e. The molecule has 7 nitrogen and oxygen atoms in total. The molecular formula is C26H28F4N6O. The fourth-order valence-electron chi connectivity index (χ4n) is 5.12. The number of rotatable bonds is 6. The number of hydrogen-bond acceptors (Lipinski definition) is 5. The highest BCUT2D eigenvalue weighted by Gasteiger charge is 2.33. The van der Waals surface area contributed by atoms with Crippen LogP contribution in [-0.2, 0) is 6.54 Å². The minimum atomic E-state index is -4.20. The molecule has 0 aliphatic carbocycles. The van der Waals surface area contributed by atoms with Crippen LogP contribution in [0.5, 0.6) is 0 Å². The lowest BCUT2D eigenvalue weighted by molar-refractivity contribution is -0.148. The van der Waals surface area contributed by atoms with Crippen molar-refractivity contribution in [3.8, 4) is 11.4 Å². The van der Waals surface area contributed by atoms with Crippen LogP contribution < -0.4 is 10.6 Å². The van der Waals surface area contributed by atoms with Gasteiger partial charge in [0.1, 0.15) is 5.82 Å². The molecule has 0 saturated carbocycles. The topological polar surface area (TPSA) is 75.1 Å². The lowest BCUT2D eigenvalue weighted by Gasteiger charge is -2.33. The van der Waals surface area contributed by atoms with E-state index in [-0.39, 0.29) is 23.6 Å². The molecule has 2 aromatic carbocycles. The fourth-order valence-corrected chi connectivity index (χ4v) is 5.12. The average Bonchev–Trinajstić information content (AvgIpc) is 3.38. The molecule has 1 saturated heterocycles. The van der Waals surface area contributed by atoms with E-state index in [1.165, 1.54) is 11.0 Å². The normalized spacial score (nSPS) is 20.1. The van der Waals surface area contributed by atoms with Crippen LogP contribution in [0.2, 0.25) is 0 Å². The molecule has 196 valence electrons. The van der Waals surface area contributed by atoms with Gasteiger partial charge in [0.25, 0.3) is 5.91 Å². The first-order chi connectivity index (χ1) is 17.6. The Kier molecular flexibility index (Phi) is 6.65. The van der Waals surface area contributed by atoms with Crippen LogP contribution in [0, 0.1) is 5.82 Å². The molecule has 0 radical (unpaired) electrons. The number of amides is 1. The van der Waals surface area contributed by atoms with E-state index in [0.717, 1.165) is 24.0 Å². The first-order valence-electron chi connectivity index (χ1n) is 12.4. The van der Waals surface area contributed by atoms with E-state index in [0.29, 0.717) is 42.5 Å². The van der Waals surface area contributed by atoms with Gasteiger partial charge in [0, 0.05) is 24.2 Å². The highest BCUT2D eigenvalue weighted by Crippen LogP contribution is 2.33. The maximum atomic E-state index is 14.8. The number of likely N-dealkylation sites (tertiary alicyclic amines) is 1. The first-order valence-corrected chi connectivity index (χ1v) is 12.4. The summed E-state index contributed by atoms with van der Waals surface area (Å²) in [7, 11) is 0. The van der Waals surface area contributed by atoms with Crippen molar-refractivity contribution in [3.05, 3.63) is 58.9 Å². The van der Waals surface area contributed by atoms with Gasteiger partial charge in [0.15, 0.2) is 5.82 Å². The van der Waals surface area contributed by atoms with Gasteiger partial charge < -0.3 is 10.6 Å². The molecule has 37 heavy (non-hydrogen) atoms. The summed E-state index contributed by atoms with van der Waals surface area (Å²) in [5, 5.41) is 10.3. The average molecular weight is 517 g/mol. The van der Waals surface area contributed by atoms with Crippen molar-refractivity contribution in [2.24, 2.45) is 0 Å². The van der Waals surface area contributed by atoms with E-state index in [4.69, 9.17) is 0 Å². The summed E-state index contributed by atoms with van der Waals surface area (Å²) in [5.41, 5.74) is 2.98. The van der Waals surface area contributed by atoms with Crippen LogP contribution in [0.4, 0.5) is 29.2 Å². The highest BCUT2D eigenvalue weighted by atomic mass is 19.4. The summed E-state index contributed by atoms with van der Waals surface area (Å²) in [6, 6.07) is 10.2. The van der Waals surface area contributed by atoms with Crippen molar-refractivity contribution in [3.63, 3.8) is 0 Å². The monoisotopic (exact) mass is 516 g/mol. The predicted molar refractivity (Wildman–Crippen MR) is 131 cm³/mol. The Balaban J connectivity index is 1.34. The number of piperidine rings is 1. The van der Waals surface area contributed by atoms with Crippen molar-refractivity contribution in [2.75, 3.05) is 25.0 Å². The number of aromatic nitrogens is 3. The van der Waals surface area contributed by atoms with Crippen LogP contribution in [-0.4, -0.2) is 51.4 Å². The van der Waals surface area contributed by atoms with Gasteiger partial charge in [-0.1, -0.05) is 24.3 Å². The molecule has 1 amide bonds. The number of carbonyl (C=O) groups is 1. The largest absolute Gasteiger partial charge is 0.401 e. The Labute approximate surface area is 211 Å². The molecule has 2 aliphatic rings. The molecular weight excluding hydrogens is 488 g/mol. The number of anilines is 2. The standard InChI is InChI=1S/C26H28F4N6O/c1-3-36-25(32-22-12-19-15(2)31-24(37)20(19)11-21(22)27)33-23(34-36)17-8-6-16(7-9-17)18-5-4-10-35(13-18)14-26(28,29)30/h6-9,11-12,15,18H,3-5,10,13-14H2,1-2H3,(H,31,37)(H,32,33,34). The van der Waals surface area contributed by atoms with Crippen LogP contribution in [0.15, 0.2) is 36.4 Å². The van der Waals surface area contributed by atoms with Crippen molar-refractivity contribution in [1.29, 1.82) is 0 Å². The van der Waals surface area contributed by atoms with E-state index in [1.54, 1.807) is 10.7 Å². The number of halogens is 4. The van der Waals surface area contributed by atoms with E-state index >= 15 is 0 Å². The Morgan fingerprint density at radius 1 is 1.19 bits per heavy atom. The third-order valence-corrected chi connectivity index (χ3v) is 6.96. The SMILES string of the molecule is CCn1nc(-c2ccc(C3CCCN(CC(F)(F)F)C3)cc2)nc1Nc1cc2c(cc1F)C(=O)NC2C. The lowest BCUT2D eigenvalue weighted by Crippen LogP contribution is -2.40. The molecule has 2 atom stereocenters. The molecule has 2 N–H and O–H groups in total. The molecule has 1 aromatic heterocycles. The summed E-state index contributed by atoms with van der Waals surface area (Å²) in [6.07, 6.45) is -2.63. The molecule has 3 heterocycles. The zero-order valence-electron chi connectivity index (χ0n) is 20.6. The first kappa shape index (κ1) is 25.2. The highest BCUT2D eigenvalue weighted by molar-refractivity contribution is 5.99. The number of nitrogens with zero attached hydrogens (tertiary/aromatic N) is 4. The number of carbonyl (C=O) groups excluding carboxylic acids is 1. The Morgan fingerprint density at radius 2 is 1.95 bits per heavy atom. The molecule has 2 unspecified atom stereocenters. The zero-order chi connectivity index (χ0) is 26.3. The smallest absolute Gasteiger partial charge is 0.345 e. The van der Waals surface area contributed by atoms with Crippen LogP contribution in [0.25, 0.3) is 11.4 Å². The summed E-state index contributed by atoms with van der Waals surface area (Å²) in [4.78, 5) is 18.0. The van der Waals surface area contributed by atoms with E-state index in [2.05, 4.69) is 20.7 Å². The number of aryl methyl sites for hydroxylation is 1. The summed E-state index contributed by atoms with van der Waals surface area (Å²) in [6.45, 7) is 4.18. The molecule has 1 fully saturated rings. The Bertz CT molecular complexity index is 1300. The van der Waals surface area contributed by atoms with Crippen molar-refractivity contribution >= 4 is 17.5 Å². The third kappa shape index (κ3) is 5.31. The van der Waals surface area contributed by atoms with E-state index < -0.39 is 18.5 Å². The van der Waals surface area contributed by atoms with Gasteiger partial charge in [-0.2, -0.15) is 18.2 Å². The zero-order valence-corrected chi connectivity index (χ0v) is 20.6. The Hall–Kier alpha value is -3.47. The number of fused-ring (bicyclic) bond motifs is 1. The molecule has 3 aromatic rings. The second-order valence-corrected chi connectivity index (χ2v) is 9.63. The van der Waals surface area contributed by atoms with Gasteiger partial charge in [-0.15, -0.1) is 5.10 Å². The third-order valence-electron chi connectivity index (χ3n) is 6.96. The van der Waals surface area contributed by atoms with Crippen LogP contribution in [0.3, 0.4) is 0 Å². The lowest BCUT2D eigenvalue weighted by atomic mass is 9.90. The van der Waals surface area contributed by atoms with E-state index in [1.807, 2.05) is 38.1 Å². The van der Waals surface area contributed by atoms with Crippen LogP contribution in [0.1, 0.15) is 60.1 Å². The van der Waals surface area contributed by atoms with Gasteiger partial charge in [-0.3, -0.25) is 9.69 Å². The second kappa shape index (κ2) is 9.77. The maximum Gasteiger partial charge on any atom is 0.401 e. The summed E-state index contributed by atoms with van der Waals surface area (Å²) < 4.78 is 54.9. The van der Waals surface area contributed by atoms with Gasteiger partial charge in [-0.05, 0) is 62.4 Å². The quantitative estimate of drug-likeness (QED) is 0.430. The molecule has 11 heteroatoms. The van der Waals surface area contributed by atoms with Gasteiger partial charge in [0.05, 0.1) is 18.3 Å². The van der Waals surface area contributed by atoms with Crippen LogP contribution >= 0.6 is 0 Å². The van der Waals surface area contributed by atoms with Gasteiger partial charge >= 0.3 is 6.18 Å². The number of hydrogen-bond donors (Lipinski definition) is 2. The maximum absolute atomic E-state index is 14.8. The fraction of sp³-hybridized carbons (Fsp3) is 0.423. The molecule has 5 rings (SSSR count). The summed E-state index contributed by atoms with van der Waals surface area (Å²) in [5.74, 6) is -0.0103. The minimum absolute atomic E-state index is 0.0371. The summed E-state index contributed by atoms with van der Waals surface area (Å²) >= 11 is 0. The number of benzene rings is 2. The van der Waals surface area contributed by atoms with E-state index in [9.17, 15) is 22.4 Å². The number of nitrogens with one attached hydrogen (secondary N) is 2. The Morgan fingerprint density at radius 3 is 2.65 bits per heavy atom.